The topological polar surface area (TPSA) is 66.7 Å². The fourth-order valence-corrected chi connectivity index (χ4v) is 7.25. The summed E-state index contributed by atoms with van der Waals surface area (Å²) in [7, 11) is 0. The second-order valence-corrected chi connectivity index (χ2v) is 9.98. The molecule has 4 aliphatic carbocycles. The molecular weight excluding hydrogens is 326 g/mol. The quantitative estimate of drug-likeness (QED) is 0.587. The molecule has 0 aliphatic heterocycles. The predicted molar refractivity (Wildman–Crippen MR) is 101 cm³/mol. The molecule has 0 aromatic heterocycles. The van der Waals surface area contributed by atoms with Gasteiger partial charge in [-0.25, -0.2) is 0 Å². The van der Waals surface area contributed by atoms with Crippen LogP contribution in [0, 0.1) is 39.4 Å². The van der Waals surface area contributed by atoms with E-state index in [0.29, 0.717) is 30.1 Å². The number of aliphatic hydroxyl groups is 1. The molecule has 3 unspecified atom stereocenters. The van der Waals surface area contributed by atoms with E-state index >= 15 is 0 Å². The highest BCUT2D eigenvalue weighted by atomic mass is 16.3. The first-order valence-corrected chi connectivity index (χ1v) is 10.1. The van der Waals surface area contributed by atoms with Crippen molar-refractivity contribution in [3.63, 3.8) is 0 Å². The van der Waals surface area contributed by atoms with Crippen molar-refractivity contribution in [2.24, 2.45) is 39.7 Å². The smallest absolute Gasteiger partial charge is 0.183 e. The molecule has 26 heavy (non-hydrogen) atoms. The molecule has 3 saturated carbocycles. The molecule has 142 valence electrons. The molecule has 4 nitrogen and oxygen atoms in total. The molecule has 0 radical (unpaired) electrons. The van der Waals surface area contributed by atoms with Crippen LogP contribution >= 0.6 is 0 Å². The Bertz CT molecular complexity index is 696. The number of carbonyl (C=O) groups excluding carboxylic acids is 1. The fourth-order valence-electron chi connectivity index (χ4n) is 7.25. The Balaban J connectivity index is 1.78. The first-order valence-electron chi connectivity index (χ1n) is 10.1. The van der Waals surface area contributed by atoms with Gasteiger partial charge in [-0.3, -0.25) is 4.79 Å². The van der Waals surface area contributed by atoms with Crippen LogP contribution < -0.4 is 0 Å². The zero-order valence-electron chi connectivity index (χ0n) is 16.2. The van der Waals surface area contributed by atoms with Gasteiger partial charge < -0.3 is 5.11 Å². The molecule has 0 aromatic rings. The maximum absolute atomic E-state index is 12.3. The third-order valence-corrected chi connectivity index (χ3v) is 9.09. The first-order chi connectivity index (χ1) is 12.2. The van der Waals surface area contributed by atoms with E-state index < -0.39 is 11.6 Å². The Morgan fingerprint density at radius 3 is 2.58 bits per heavy atom. The predicted octanol–water partition coefficient (Wildman–Crippen LogP) is 4.43. The van der Waals surface area contributed by atoms with Gasteiger partial charge in [0.1, 0.15) is 0 Å². The van der Waals surface area contributed by atoms with E-state index in [1.54, 1.807) is 6.08 Å². The van der Waals surface area contributed by atoms with Gasteiger partial charge in [-0.1, -0.05) is 30.7 Å². The van der Waals surface area contributed by atoms with Gasteiger partial charge >= 0.3 is 0 Å². The van der Waals surface area contributed by atoms with Crippen LogP contribution in [0.25, 0.3) is 0 Å². The highest BCUT2D eigenvalue weighted by molar-refractivity contribution is 5.96. The van der Waals surface area contributed by atoms with E-state index in [-0.39, 0.29) is 16.6 Å². The minimum Gasteiger partial charge on any atom is -0.390 e. The molecule has 3 fully saturated rings. The molecule has 0 heterocycles. The summed E-state index contributed by atoms with van der Waals surface area (Å²) < 4.78 is 0. The van der Waals surface area contributed by atoms with Gasteiger partial charge in [0.25, 0.3) is 0 Å². The largest absolute Gasteiger partial charge is 0.390 e. The Labute approximate surface area is 156 Å². The van der Waals surface area contributed by atoms with Gasteiger partial charge in [0.05, 0.1) is 5.60 Å². The number of hydrogen-bond donors (Lipinski definition) is 1. The third kappa shape index (κ3) is 2.14. The monoisotopic (exact) mass is 357 g/mol. The second kappa shape index (κ2) is 5.60. The van der Waals surface area contributed by atoms with Crippen LogP contribution in [0.15, 0.2) is 29.5 Å². The molecule has 4 rings (SSSR count). The van der Waals surface area contributed by atoms with Crippen LogP contribution in [0.1, 0.15) is 59.3 Å². The highest BCUT2D eigenvalue weighted by Crippen LogP contribution is 2.68. The molecule has 0 saturated heterocycles. The summed E-state index contributed by atoms with van der Waals surface area (Å²) in [5, 5.41) is 14.2. The van der Waals surface area contributed by atoms with Gasteiger partial charge in [0.2, 0.25) is 0 Å². The summed E-state index contributed by atoms with van der Waals surface area (Å²) in [6.07, 6.45) is 9.15. The molecule has 0 bridgehead atoms. The molecule has 4 aliphatic rings. The van der Waals surface area contributed by atoms with Crippen molar-refractivity contribution in [1.82, 2.24) is 0 Å². The third-order valence-electron chi connectivity index (χ3n) is 9.09. The van der Waals surface area contributed by atoms with E-state index in [1.165, 1.54) is 5.57 Å². The van der Waals surface area contributed by atoms with E-state index in [9.17, 15) is 14.8 Å². The Morgan fingerprint density at radius 2 is 1.92 bits per heavy atom. The highest BCUT2D eigenvalue weighted by Gasteiger charge is 2.64. The first kappa shape index (κ1) is 18.1. The fraction of sp³-hybridized carbons (Fsp3) is 0.773. The molecule has 4 heteroatoms. The number of nitroso groups, excluding NO2 is 1. The average Bonchev–Trinajstić information content (AvgIpc) is 2.84. The number of ketones is 1. The molecule has 0 amide bonds. The second-order valence-electron chi connectivity index (χ2n) is 9.98. The van der Waals surface area contributed by atoms with E-state index in [1.807, 2.05) is 6.92 Å². The van der Waals surface area contributed by atoms with Gasteiger partial charge in [-0.2, -0.15) is 4.91 Å². The number of hydrogen-bond acceptors (Lipinski definition) is 4. The average molecular weight is 357 g/mol. The molecule has 0 spiro atoms. The normalized spacial score (nSPS) is 53.2. The lowest BCUT2D eigenvalue weighted by Crippen LogP contribution is -2.57. The van der Waals surface area contributed by atoms with Crippen LogP contribution in [0.3, 0.4) is 0 Å². The van der Waals surface area contributed by atoms with Crippen molar-refractivity contribution in [1.29, 1.82) is 0 Å². The van der Waals surface area contributed by atoms with Crippen molar-refractivity contribution in [3.05, 3.63) is 29.2 Å². The summed E-state index contributed by atoms with van der Waals surface area (Å²) in [5.41, 5.74) is 0.398. The number of allylic oxidation sites excluding steroid dienone is 2. The lowest BCUT2D eigenvalue weighted by Gasteiger charge is -2.61. The maximum Gasteiger partial charge on any atom is 0.183 e. The minimum absolute atomic E-state index is 0.0558. The van der Waals surface area contributed by atoms with Crippen LogP contribution in [0.2, 0.25) is 0 Å². The van der Waals surface area contributed by atoms with Crippen LogP contribution in [0.4, 0.5) is 0 Å². The molecule has 1 N–H and O–H groups in total. The SMILES string of the molecule is C=CC1CC2=CC(=O)C(N=O)C[C@]2(C)[C@@H]2CC[C@@]3(C)[C@@H](CCC3(C)O)[C@H]12. The lowest BCUT2D eigenvalue weighted by molar-refractivity contribution is -0.131. The Hall–Kier alpha value is -1.29. The number of fused-ring (bicyclic) bond motifs is 5. The Morgan fingerprint density at radius 1 is 1.23 bits per heavy atom. The summed E-state index contributed by atoms with van der Waals surface area (Å²) in [5.74, 6) is 1.57. The number of rotatable bonds is 2. The standard InChI is InChI=1S/C22H31NO3/c1-5-13-10-14-11-18(24)17(23-26)12-20(14,2)15-6-8-21(3)16(19(13)15)7-9-22(21,4)25/h5,11,13,15-17,19,25H,1,6-10,12H2,2-4H3/t13?,15-,16+,17?,19-,20+,21+,22?/m1/s1. The van der Waals surface area contributed by atoms with Crippen LogP contribution in [-0.4, -0.2) is 22.5 Å². The summed E-state index contributed by atoms with van der Waals surface area (Å²) in [6, 6.07) is -0.732. The Kier molecular flexibility index (Phi) is 3.90. The molecular formula is C22H31NO3. The molecule has 0 aromatic carbocycles. The summed E-state index contributed by atoms with van der Waals surface area (Å²) in [4.78, 5) is 23.5. The van der Waals surface area contributed by atoms with Crippen molar-refractivity contribution in [3.8, 4) is 0 Å². The number of carbonyl (C=O) groups is 1. The zero-order chi connectivity index (χ0) is 18.9. The van der Waals surface area contributed by atoms with Gasteiger partial charge in [0.15, 0.2) is 11.8 Å². The lowest BCUT2D eigenvalue weighted by atomic mass is 9.44. The zero-order valence-corrected chi connectivity index (χ0v) is 16.2. The van der Waals surface area contributed by atoms with E-state index in [4.69, 9.17) is 0 Å². The van der Waals surface area contributed by atoms with E-state index in [0.717, 1.165) is 32.1 Å². The number of nitrogens with zero attached hydrogens (tertiary/aromatic N) is 1. The minimum atomic E-state index is -0.732. The van der Waals surface area contributed by atoms with Gasteiger partial charge in [0, 0.05) is 0 Å². The maximum atomic E-state index is 12.3. The van der Waals surface area contributed by atoms with E-state index in [2.05, 4.69) is 31.7 Å². The summed E-state index contributed by atoms with van der Waals surface area (Å²) in [6.45, 7) is 10.6. The van der Waals surface area contributed by atoms with Crippen LogP contribution in [-0.2, 0) is 4.79 Å². The summed E-state index contributed by atoms with van der Waals surface area (Å²) >= 11 is 0. The van der Waals surface area contributed by atoms with Crippen molar-refractivity contribution < 1.29 is 9.90 Å². The molecule has 8 atom stereocenters. The van der Waals surface area contributed by atoms with Crippen molar-refractivity contribution in [2.45, 2.75) is 70.9 Å². The van der Waals surface area contributed by atoms with Gasteiger partial charge in [-0.05, 0) is 86.0 Å². The van der Waals surface area contributed by atoms with Crippen molar-refractivity contribution >= 4 is 5.78 Å². The van der Waals surface area contributed by atoms with Gasteiger partial charge in [-0.15, -0.1) is 6.58 Å². The van der Waals surface area contributed by atoms with Crippen molar-refractivity contribution in [2.75, 3.05) is 0 Å². The van der Waals surface area contributed by atoms with Crippen LogP contribution in [0.5, 0.6) is 0 Å².